The molecule has 0 bridgehead atoms. The Balaban J connectivity index is 2.75. The van der Waals surface area contributed by atoms with Crippen molar-refractivity contribution in [2.45, 2.75) is 26.8 Å². The van der Waals surface area contributed by atoms with Gasteiger partial charge in [0.15, 0.2) is 5.78 Å². The highest BCUT2D eigenvalue weighted by atomic mass is 16.1. The third kappa shape index (κ3) is 2.86. The first-order valence-corrected chi connectivity index (χ1v) is 4.32. The van der Waals surface area contributed by atoms with Crippen molar-refractivity contribution in [2.24, 2.45) is 0 Å². The second-order valence-corrected chi connectivity index (χ2v) is 3.29. The monoisotopic (exact) mass is 178 g/mol. The molecular formula is C10H14N2O. The smallest absolute Gasteiger partial charge is 0.152 e. The zero-order valence-electron chi connectivity index (χ0n) is 8.19. The van der Waals surface area contributed by atoms with Gasteiger partial charge in [-0.05, 0) is 32.9 Å². The molecule has 1 rings (SSSR count). The molecule has 0 amide bonds. The molecule has 3 nitrogen and oxygen atoms in total. The van der Waals surface area contributed by atoms with E-state index in [-0.39, 0.29) is 5.78 Å². The number of ketones is 1. The van der Waals surface area contributed by atoms with E-state index in [1.54, 1.807) is 18.3 Å². The molecule has 0 spiro atoms. The third-order valence-electron chi connectivity index (χ3n) is 1.66. The summed E-state index contributed by atoms with van der Waals surface area (Å²) in [4.78, 5) is 10.6. The second-order valence-electron chi connectivity index (χ2n) is 3.29. The number of hydrogen-bond donors (Lipinski definition) is 0. The topological polar surface area (TPSA) is 34.9 Å². The lowest BCUT2D eigenvalue weighted by atomic mass is 10.3. The predicted molar refractivity (Wildman–Crippen MR) is 52.3 cm³/mol. The van der Waals surface area contributed by atoms with Gasteiger partial charge in [0.1, 0.15) is 0 Å². The maximum atomic E-state index is 10.6. The molecule has 70 valence electrons. The highest BCUT2D eigenvalue weighted by molar-refractivity contribution is 5.91. The number of carbonyl (C=O) groups excluding carboxylic acids is 1. The summed E-state index contributed by atoms with van der Waals surface area (Å²) >= 11 is 0. The van der Waals surface area contributed by atoms with E-state index in [0.29, 0.717) is 6.04 Å². The Morgan fingerprint density at radius 2 is 2.31 bits per heavy atom. The third-order valence-corrected chi connectivity index (χ3v) is 1.66. The Labute approximate surface area is 78.1 Å². The van der Waals surface area contributed by atoms with E-state index in [0.717, 1.165) is 5.56 Å². The minimum Gasteiger partial charge on any atom is -0.295 e. The van der Waals surface area contributed by atoms with Crippen molar-refractivity contribution in [3.63, 3.8) is 0 Å². The van der Waals surface area contributed by atoms with Crippen LogP contribution in [0.15, 0.2) is 18.5 Å². The van der Waals surface area contributed by atoms with Crippen molar-refractivity contribution in [3.05, 3.63) is 24.0 Å². The molecule has 0 atom stereocenters. The van der Waals surface area contributed by atoms with Crippen molar-refractivity contribution in [2.75, 3.05) is 0 Å². The van der Waals surface area contributed by atoms with Crippen LogP contribution in [-0.2, 0) is 4.79 Å². The highest BCUT2D eigenvalue weighted by Crippen LogP contribution is 2.06. The summed E-state index contributed by atoms with van der Waals surface area (Å²) in [6, 6.07) is 0.361. The SMILES string of the molecule is CC(=O)/C=C/c1cnn(C(C)C)c1. The van der Waals surface area contributed by atoms with Crippen LogP contribution >= 0.6 is 0 Å². The van der Waals surface area contributed by atoms with Gasteiger partial charge in [0, 0.05) is 17.8 Å². The van der Waals surface area contributed by atoms with Crippen molar-refractivity contribution in [3.8, 4) is 0 Å². The summed E-state index contributed by atoms with van der Waals surface area (Å²) in [7, 11) is 0. The summed E-state index contributed by atoms with van der Waals surface area (Å²) in [5.41, 5.74) is 0.962. The lowest BCUT2D eigenvalue weighted by Crippen LogP contribution is -1.99. The van der Waals surface area contributed by atoms with E-state index in [1.807, 2.05) is 10.9 Å². The average Bonchev–Trinajstić information content (AvgIpc) is 2.48. The Morgan fingerprint density at radius 1 is 1.62 bits per heavy atom. The van der Waals surface area contributed by atoms with Crippen LogP contribution in [0.4, 0.5) is 0 Å². The van der Waals surface area contributed by atoms with Crippen molar-refractivity contribution in [1.82, 2.24) is 9.78 Å². The molecule has 1 aromatic rings. The molecule has 0 unspecified atom stereocenters. The molecule has 0 radical (unpaired) electrons. The van der Waals surface area contributed by atoms with E-state index in [2.05, 4.69) is 18.9 Å². The summed E-state index contributed by atoms with van der Waals surface area (Å²) in [5.74, 6) is 0.0531. The molecule has 0 saturated carbocycles. The first-order chi connectivity index (χ1) is 6.09. The van der Waals surface area contributed by atoms with E-state index in [4.69, 9.17) is 0 Å². The van der Waals surface area contributed by atoms with Gasteiger partial charge in [-0.25, -0.2) is 0 Å². The highest BCUT2D eigenvalue weighted by Gasteiger charge is 1.98. The van der Waals surface area contributed by atoms with Gasteiger partial charge in [0.2, 0.25) is 0 Å². The minimum atomic E-state index is 0.0531. The molecule has 0 aromatic carbocycles. The van der Waals surface area contributed by atoms with Crippen LogP contribution < -0.4 is 0 Å². The number of hydrogen-bond acceptors (Lipinski definition) is 2. The fourth-order valence-corrected chi connectivity index (χ4v) is 0.935. The van der Waals surface area contributed by atoms with E-state index in [1.165, 1.54) is 6.92 Å². The Hall–Kier alpha value is -1.38. The largest absolute Gasteiger partial charge is 0.295 e. The van der Waals surface area contributed by atoms with E-state index < -0.39 is 0 Å². The van der Waals surface area contributed by atoms with Crippen LogP contribution in [0.2, 0.25) is 0 Å². The number of aromatic nitrogens is 2. The molecule has 0 saturated heterocycles. The maximum Gasteiger partial charge on any atom is 0.152 e. The molecule has 0 aliphatic carbocycles. The van der Waals surface area contributed by atoms with E-state index in [9.17, 15) is 4.79 Å². The number of allylic oxidation sites excluding steroid dienone is 1. The first kappa shape index (κ1) is 9.71. The number of carbonyl (C=O) groups is 1. The number of nitrogens with zero attached hydrogens (tertiary/aromatic N) is 2. The predicted octanol–water partition coefficient (Wildman–Crippen LogP) is 2.07. The van der Waals surface area contributed by atoms with Crippen LogP contribution in [0.1, 0.15) is 32.4 Å². The first-order valence-electron chi connectivity index (χ1n) is 4.32. The molecule has 0 N–H and O–H groups in total. The van der Waals surface area contributed by atoms with Crippen molar-refractivity contribution >= 4 is 11.9 Å². The van der Waals surface area contributed by atoms with Gasteiger partial charge < -0.3 is 0 Å². The molecular weight excluding hydrogens is 164 g/mol. The van der Waals surface area contributed by atoms with Crippen LogP contribution in [0, 0.1) is 0 Å². The lowest BCUT2D eigenvalue weighted by Gasteiger charge is -2.02. The molecule has 13 heavy (non-hydrogen) atoms. The summed E-state index contributed by atoms with van der Waals surface area (Å²) < 4.78 is 1.86. The molecule has 3 heteroatoms. The molecule has 0 fully saturated rings. The number of rotatable bonds is 3. The second kappa shape index (κ2) is 4.03. The van der Waals surface area contributed by atoms with E-state index >= 15 is 0 Å². The van der Waals surface area contributed by atoms with Gasteiger partial charge in [-0.1, -0.05) is 0 Å². The van der Waals surface area contributed by atoms with Crippen LogP contribution in [0.5, 0.6) is 0 Å². The van der Waals surface area contributed by atoms with Crippen molar-refractivity contribution < 1.29 is 4.79 Å². The van der Waals surface area contributed by atoms with Crippen LogP contribution in [0.25, 0.3) is 6.08 Å². The maximum absolute atomic E-state index is 10.6. The molecule has 1 heterocycles. The van der Waals surface area contributed by atoms with Crippen LogP contribution in [0.3, 0.4) is 0 Å². The minimum absolute atomic E-state index is 0.0531. The molecule has 1 aromatic heterocycles. The fraction of sp³-hybridized carbons (Fsp3) is 0.400. The molecule has 0 aliphatic rings. The van der Waals surface area contributed by atoms with Gasteiger partial charge in [-0.2, -0.15) is 5.10 Å². The fourth-order valence-electron chi connectivity index (χ4n) is 0.935. The average molecular weight is 178 g/mol. The zero-order chi connectivity index (χ0) is 9.84. The molecule has 0 aliphatic heterocycles. The van der Waals surface area contributed by atoms with Crippen LogP contribution in [-0.4, -0.2) is 15.6 Å². The lowest BCUT2D eigenvalue weighted by molar-refractivity contribution is -0.112. The van der Waals surface area contributed by atoms with Crippen molar-refractivity contribution in [1.29, 1.82) is 0 Å². The Morgan fingerprint density at radius 3 is 2.77 bits per heavy atom. The van der Waals surface area contributed by atoms with Gasteiger partial charge in [0.05, 0.1) is 6.20 Å². The Kier molecular flexibility index (Phi) is 3.01. The standard InChI is InChI=1S/C10H14N2O/c1-8(2)12-7-10(6-11-12)5-4-9(3)13/h4-8H,1-3H3/b5-4+. The van der Waals surface area contributed by atoms with Gasteiger partial charge in [-0.3, -0.25) is 9.48 Å². The summed E-state index contributed by atoms with van der Waals surface area (Å²) in [5, 5.41) is 4.15. The Bertz CT molecular complexity index is 323. The van der Waals surface area contributed by atoms with Gasteiger partial charge in [0.25, 0.3) is 0 Å². The summed E-state index contributed by atoms with van der Waals surface area (Å²) in [6.07, 6.45) is 6.99. The quantitative estimate of drug-likeness (QED) is 0.664. The van der Waals surface area contributed by atoms with Gasteiger partial charge >= 0.3 is 0 Å². The zero-order valence-corrected chi connectivity index (χ0v) is 8.19. The van der Waals surface area contributed by atoms with Gasteiger partial charge in [-0.15, -0.1) is 0 Å². The normalized spacial score (nSPS) is 11.4. The summed E-state index contributed by atoms with van der Waals surface area (Å²) in [6.45, 7) is 5.65.